The average molecular weight is 271 g/mol. The van der Waals surface area contributed by atoms with E-state index in [0.717, 1.165) is 0 Å². The first-order valence-electron chi connectivity index (χ1n) is 5.92. The summed E-state index contributed by atoms with van der Waals surface area (Å²) in [6.07, 6.45) is 0.716. The predicted octanol–water partition coefficient (Wildman–Crippen LogP) is 0.590. The van der Waals surface area contributed by atoms with Crippen LogP contribution in [0.4, 0.5) is 0 Å². The van der Waals surface area contributed by atoms with Gasteiger partial charge < -0.3 is 9.84 Å². The van der Waals surface area contributed by atoms with Crippen molar-refractivity contribution in [1.29, 1.82) is 0 Å². The van der Waals surface area contributed by atoms with E-state index in [-0.39, 0.29) is 11.5 Å². The fourth-order valence-corrected chi connectivity index (χ4v) is 3.34. The molecular formula is C12H17NO4S. The third-order valence-electron chi connectivity index (χ3n) is 2.92. The van der Waals surface area contributed by atoms with Crippen molar-refractivity contribution < 1.29 is 18.3 Å². The van der Waals surface area contributed by atoms with Gasteiger partial charge in [0.1, 0.15) is 0 Å². The highest BCUT2D eigenvalue weighted by Crippen LogP contribution is 2.17. The van der Waals surface area contributed by atoms with Crippen LogP contribution < -0.4 is 0 Å². The summed E-state index contributed by atoms with van der Waals surface area (Å²) in [4.78, 5) is 0.265. The molecule has 2 rings (SSSR count). The van der Waals surface area contributed by atoms with Crippen LogP contribution in [0.15, 0.2) is 29.2 Å². The Labute approximate surface area is 107 Å². The minimum atomic E-state index is -3.44. The smallest absolute Gasteiger partial charge is 0.243 e. The molecule has 0 aromatic heterocycles. The lowest BCUT2D eigenvalue weighted by atomic mass is 10.2. The summed E-state index contributed by atoms with van der Waals surface area (Å²) in [5, 5.41) is 8.94. The maximum atomic E-state index is 12.3. The zero-order valence-corrected chi connectivity index (χ0v) is 10.9. The summed E-state index contributed by atoms with van der Waals surface area (Å²) in [6.45, 7) is 1.84. The summed E-state index contributed by atoms with van der Waals surface area (Å²) >= 11 is 0. The zero-order chi connectivity index (χ0) is 13.0. The molecule has 18 heavy (non-hydrogen) atoms. The molecule has 1 aromatic carbocycles. The first kappa shape index (κ1) is 13.5. The molecule has 1 N–H and O–H groups in total. The van der Waals surface area contributed by atoms with Gasteiger partial charge in [-0.15, -0.1) is 0 Å². The lowest BCUT2D eigenvalue weighted by Gasteiger charge is -2.19. The van der Waals surface area contributed by atoms with Crippen LogP contribution in [0.25, 0.3) is 0 Å². The van der Waals surface area contributed by atoms with Crippen molar-refractivity contribution in [3.63, 3.8) is 0 Å². The van der Waals surface area contributed by atoms with Crippen LogP contribution in [0, 0.1) is 0 Å². The van der Waals surface area contributed by atoms with Crippen LogP contribution in [0.3, 0.4) is 0 Å². The average Bonchev–Trinajstić information content (AvgIpc) is 2.68. The highest BCUT2D eigenvalue weighted by atomic mass is 32.2. The standard InChI is InChI=1S/C12H17NO4S/c14-10-11-2-4-12(5-3-11)18(15,16)13-6-1-8-17-9-7-13/h2-5,14H,1,6-10H2. The minimum absolute atomic E-state index is 0.0854. The number of rotatable bonds is 3. The molecule has 0 amide bonds. The molecule has 5 nitrogen and oxygen atoms in total. The van der Waals surface area contributed by atoms with Gasteiger partial charge in [-0.1, -0.05) is 12.1 Å². The van der Waals surface area contributed by atoms with Gasteiger partial charge in [-0.25, -0.2) is 8.42 Å². The van der Waals surface area contributed by atoms with Crippen molar-refractivity contribution in [1.82, 2.24) is 4.31 Å². The fourth-order valence-electron chi connectivity index (χ4n) is 1.88. The molecule has 1 heterocycles. The second-order valence-corrected chi connectivity index (χ2v) is 6.11. The van der Waals surface area contributed by atoms with Gasteiger partial charge in [0.15, 0.2) is 0 Å². The predicted molar refractivity (Wildman–Crippen MR) is 66.6 cm³/mol. The van der Waals surface area contributed by atoms with E-state index < -0.39 is 10.0 Å². The van der Waals surface area contributed by atoms with Crippen molar-refractivity contribution in [3.8, 4) is 0 Å². The van der Waals surface area contributed by atoms with Crippen LogP contribution in [0.1, 0.15) is 12.0 Å². The maximum Gasteiger partial charge on any atom is 0.243 e. The van der Waals surface area contributed by atoms with E-state index >= 15 is 0 Å². The second kappa shape index (κ2) is 5.79. The third-order valence-corrected chi connectivity index (χ3v) is 4.84. The minimum Gasteiger partial charge on any atom is -0.392 e. The monoisotopic (exact) mass is 271 g/mol. The molecule has 1 fully saturated rings. The SMILES string of the molecule is O=S(=O)(c1ccc(CO)cc1)N1CCCOCC1. The van der Waals surface area contributed by atoms with E-state index in [1.54, 1.807) is 12.1 Å². The molecule has 1 aliphatic rings. The lowest BCUT2D eigenvalue weighted by molar-refractivity contribution is 0.148. The summed E-state index contributed by atoms with van der Waals surface area (Å²) in [6, 6.07) is 6.32. The topological polar surface area (TPSA) is 66.8 Å². The first-order valence-corrected chi connectivity index (χ1v) is 7.36. The third kappa shape index (κ3) is 2.89. The Bertz CT molecular complexity index is 475. The molecule has 0 unspecified atom stereocenters. The van der Waals surface area contributed by atoms with Crippen LogP contribution in [0.5, 0.6) is 0 Å². The summed E-state index contributed by atoms with van der Waals surface area (Å²) in [5.74, 6) is 0. The Morgan fingerprint density at radius 3 is 2.56 bits per heavy atom. The Kier molecular flexibility index (Phi) is 4.34. The van der Waals surface area contributed by atoms with E-state index in [1.165, 1.54) is 16.4 Å². The highest BCUT2D eigenvalue weighted by Gasteiger charge is 2.25. The lowest BCUT2D eigenvalue weighted by Crippen LogP contribution is -2.33. The molecule has 1 aromatic rings. The first-order chi connectivity index (χ1) is 8.64. The molecular weight excluding hydrogens is 254 g/mol. The summed E-state index contributed by atoms with van der Waals surface area (Å²) < 4.78 is 31.4. The Hall–Kier alpha value is -0.950. The van der Waals surface area contributed by atoms with Crippen molar-refractivity contribution in [2.24, 2.45) is 0 Å². The van der Waals surface area contributed by atoms with E-state index in [9.17, 15) is 8.42 Å². The van der Waals surface area contributed by atoms with Crippen LogP contribution in [-0.2, 0) is 21.4 Å². The Balaban J connectivity index is 2.22. The molecule has 0 atom stereocenters. The van der Waals surface area contributed by atoms with Crippen molar-refractivity contribution in [3.05, 3.63) is 29.8 Å². The van der Waals surface area contributed by atoms with Gasteiger partial charge in [-0.05, 0) is 24.1 Å². The number of ether oxygens (including phenoxy) is 1. The number of hydrogen-bond acceptors (Lipinski definition) is 4. The van der Waals surface area contributed by atoms with E-state index in [0.29, 0.717) is 38.3 Å². The number of hydrogen-bond donors (Lipinski definition) is 1. The molecule has 100 valence electrons. The highest BCUT2D eigenvalue weighted by molar-refractivity contribution is 7.89. The Morgan fingerprint density at radius 2 is 1.89 bits per heavy atom. The molecule has 0 bridgehead atoms. The van der Waals surface area contributed by atoms with Gasteiger partial charge in [0, 0.05) is 19.7 Å². The quantitative estimate of drug-likeness (QED) is 0.873. The molecule has 6 heteroatoms. The van der Waals surface area contributed by atoms with Crippen LogP contribution in [0.2, 0.25) is 0 Å². The van der Waals surface area contributed by atoms with Crippen molar-refractivity contribution >= 4 is 10.0 Å². The van der Waals surface area contributed by atoms with Crippen molar-refractivity contribution in [2.45, 2.75) is 17.9 Å². The molecule has 0 radical (unpaired) electrons. The van der Waals surface area contributed by atoms with Gasteiger partial charge in [-0.2, -0.15) is 4.31 Å². The molecule has 1 aliphatic heterocycles. The summed E-state index contributed by atoms with van der Waals surface area (Å²) in [7, 11) is -3.44. The van der Waals surface area contributed by atoms with E-state index in [4.69, 9.17) is 9.84 Å². The van der Waals surface area contributed by atoms with Crippen molar-refractivity contribution in [2.75, 3.05) is 26.3 Å². The normalized spacial score (nSPS) is 18.5. The van der Waals surface area contributed by atoms with Gasteiger partial charge in [0.05, 0.1) is 18.1 Å². The van der Waals surface area contributed by atoms with Gasteiger partial charge in [0.25, 0.3) is 0 Å². The number of aliphatic hydroxyl groups is 1. The van der Waals surface area contributed by atoms with Gasteiger partial charge in [-0.3, -0.25) is 0 Å². The molecule has 0 saturated carbocycles. The number of nitrogens with zero attached hydrogens (tertiary/aromatic N) is 1. The number of aliphatic hydroxyl groups excluding tert-OH is 1. The van der Waals surface area contributed by atoms with E-state index in [2.05, 4.69) is 0 Å². The largest absolute Gasteiger partial charge is 0.392 e. The number of sulfonamides is 1. The van der Waals surface area contributed by atoms with Crippen LogP contribution >= 0.6 is 0 Å². The second-order valence-electron chi connectivity index (χ2n) is 4.17. The van der Waals surface area contributed by atoms with E-state index in [1.807, 2.05) is 0 Å². The van der Waals surface area contributed by atoms with Crippen LogP contribution in [-0.4, -0.2) is 44.1 Å². The molecule has 0 aliphatic carbocycles. The summed E-state index contributed by atoms with van der Waals surface area (Å²) in [5.41, 5.74) is 0.702. The molecule has 1 saturated heterocycles. The number of benzene rings is 1. The molecule has 0 spiro atoms. The Morgan fingerprint density at radius 1 is 1.17 bits per heavy atom. The van der Waals surface area contributed by atoms with Gasteiger partial charge >= 0.3 is 0 Å². The maximum absolute atomic E-state index is 12.3. The zero-order valence-electron chi connectivity index (χ0n) is 10.1. The fraction of sp³-hybridized carbons (Fsp3) is 0.500. The van der Waals surface area contributed by atoms with Gasteiger partial charge in [0.2, 0.25) is 10.0 Å².